The van der Waals surface area contributed by atoms with Crippen molar-refractivity contribution in [2.75, 3.05) is 13.2 Å². The number of rotatable bonds is 13. The van der Waals surface area contributed by atoms with Gasteiger partial charge < -0.3 is 33.2 Å². The topological polar surface area (TPSA) is 187 Å². The van der Waals surface area contributed by atoms with Gasteiger partial charge in [-0.15, -0.1) is 0 Å². The molecule has 0 aliphatic carbocycles. The number of nitrogens with one attached hydrogen (secondary N) is 1. The molecule has 0 aliphatic rings. The van der Waals surface area contributed by atoms with Crippen molar-refractivity contribution in [2.45, 2.75) is 20.6 Å². The number of phenols is 3. The van der Waals surface area contributed by atoms with Crippen LogP contribution in [0.25, 0.3) is 55.0 Å². The van der Waals surface area contributed by atoms with Crippen molar-refractivity contribution in [1.82, 2.24) is 9.55 Å². The molecule has 2 aromatic heterocycles. The number of aryl methyl sites for hydroxylation is 2. The summed E-state index contributed by atoms with van der Waals surface area (Å²) >= 11 is 33.9. The van der Waals surface area contributed by atoms with E-state index in [-0.39, 0.29) is 39.8 Å². The highest BCUT2D eigenvalue weighted by Gasteiger charge is 2.30. The molecule has 0 spiro atoms. The first-order valence-electron chi connectivity index (χ1n) is 17.0. The van der Waals surface area contributed by atoms with Gasteiger partial charge in [0.05, 0.1) is 22.1 Å². The molecule has 5 aromatic carbocycles. The molecule has 0 aliphatic heterocycles. The molecular weight excluding hydrogens is 937 g/mol. The van der Waals surface area contributed by atoms with E-state index in [1.807, 2.05) is 10.8 Å². The minimum Gasteiger partial charge on any atom is -0.508 e. The lowest BCUT2D eigenvalue weighted by Gasteiger charge is -2.14. The standard InChI is InChI=1S/C38H28Cl6N2O11S2/c39-37(40,41)19-54-58(50,51)56-26-14-4-21(5-15-26)16-17-46-18-28(22-6-10-24(47)11-7-22)32-31-27-2-1-3-29(57-59(52,53)55-20-38(42,43)44)33(27)45-34(31)36(49)30(35(32)46)23-8-12-25(48)13-9-23/h1-15,18,45,47-49H,16-17,19-20H2. The molecule has 2 heterocycles. The maximum atomic E-state index is 12.9. The Bertz CT molecular complexity index is 2910. The number of aromatic amines is 1. The number of benzene rings is 5. The number of hydrogen-bond donors (Lipinski definition) is 4. The molecule has 59 heavy (non-hydrogen) atoms. The molecule has 0 unspecified atom stereocenters. The number of halogens is 6. The largest absolute Gasteiger partial charge is 0.508 e. The fourth-order valence-electron chi connectivity index (χ4n) is 6.47. The molecule has 0 saturated heterocycles. The van der Waals surface area contributed by atoms with Crippen LogP contribution in [-0.4, -0.2) is 62.5 Å². The number of fused-ring (bicyclic) bond motifs is 5. The molecule has 4 N–H and O–H groups in total. The lowest BCUT2D eigenvalue weighted by molar-refractivity contribution is 0.278. The van der Waals surface area contributed by atoms with E-state index in [0.29, 0.717) is 56.9 Å². The molecule has 310 valence electrons. The molecule has 0 saturated carbocycles. The zero-order valence-electron chi connectivity index (χ0n) is 29.7. The predicted octanol–water partition coefficient (Wildman–Crippen LogP) is 9.99. The summed E-state index contributed by atoms with van der Waals surface area (Å²) in [4.78, 5) is 3.16. The Morgan fingerprint density at radius 1 is 0.644 bits per heavy atom. The molecule has 0 fully saturated rings. The highest BCUT2D eigenvalue weighted by Crippen LogP contribution is 2.50. The number of aromatic hydroxyl groups is 3. The summed E-state index contributed by atoms with van der Waals surface area (Å²) in [7, 11) is -9.30. The maximum Gasteiger partial charge on any atom is 0.449 e. The summed E-state index contributed by atoms with van der Waals surface area (Å²) in [6.45, 7) is -1.27. The van der Waals surface area contributed by atoms with Crippen molar-refractivity contribution >= 4 is 123 Å². The van der Waals surface area contributed by atoms with Gasteiger partial charge in [-0.05, 0) is 65.6 Å². The van der Waals surface area contributed by atoms with Gasteiger partial charge in [-0.25, -0.2) is 8.37 Å². The van der Waals surface area contributed by atoms with Gasteiger partial charge in [-0.3, -0.25) is 0 Å². The fraction of sp³-hybridized carbons (Fsp3) is 0.158. The van der Waals surface area contributed by atoms with Crippen molar-refractivity contribution in [3.05, 3.63) is 103 Å². The van der Waals surface area contributed by atoms with Crippen LogP contribution in [0.3, 0.4) is 0 Å². The number of nitrogens with zero attached hydrogens (tertiary/aromatic N) is 1. The normalized spacial score (nSPS) is 12.8. The molecule has 0 radical (unpaired) electrons. The van der Waals surface area contributed by atoms with Crippen LogP contribution in [0, 0.1) is 0 Å². The summed E-state index contributed by atoms with van der Waals surface area (Å²) in [6, 6.07) is 23.6. The second-order valence-corrected chi connectivity index (χ2v) is 20.4. The van der Waals surface area contributed by atoms with E-state index in [2.05, 4.69) is 9.17 Å². The summed E-state index contributed by atoms with van der Waals surface area (Å²) in [5, 5.41) is 34.2. The monoisotopic (exact) mass is 962 g/mol. The van der Waals surface area contributed by atoms with Gasteiger partial charge in [-0.2, -0.15) is 16.8 Å². The molecule has 0 atom stereocenters. The minimum atomic E-state index is -4.76. The summed E-state index contributed by atoms with van der Waals surface area (Å²) < 4.78 is 67.9. The number of para-hydroxylation sites is 1. The first kappa shape index (κ1) is 43.1. The van der Waals surface area contributed by atoms with E-state index < -0.39 is 41.6 Å². The molecule has 0 amide bonds. The van der Waals surface area contributed by atoms with Gasteiger partial charge in [0.25, 0.3) is 0 Å². The lowest BCUT2D eigenvalue weighted by Crippen LogP contribution is -2.21. The van der Waals surface area contributed by atoms with Gasteiger partial charge in [0.15, 0.2) is 5.75 Å². The summed E-state index contributed by atoms with van der Waals surface area (Å²) in [5.74, 6) is -0.396. The molecule has 13 nitrogen and oxygen atoms in total. The van der Waals surface area contributed by atoms with E-state index in [1.54, 1.807) is 48.5 Å². The van der Waals surface area contributed by atoms with Gasteiger partial charge in [-0.1, -0.05) is 118 Å². The van der Waals surface area contributed by atoms with E-state index >= 15 is 0 Å². The average molecular weight is 965 g/mol. The van der Waals surface area contributed by atoms with Crippen LogP contribution in [0.2, 0.25) is 0 Å². The van der Waals surface area contributed by atoms with Crippen LogP contribution in [0.4, 0.5) is 0 Å². The van der Waals surface area contributed by atoms with E-state index in [9.17, 15) is 32.2 Å². The van der Waals surface area contributed by atoms with E-state index in [0.717, 1.165) is 5.56 Å². The quantitative estimate of drug-likeness (QED) is 0.0806. The van der Waals surface area contributed by atoms with Crippen LogP contribution in [-0.2, 0) is 42.1 Å². The van der Waals surface area contributed by atoms with Crippen LogP contribution >= 0.6 is 69.6 Å². The Hall–Kier alpha value is -4.00. The molecule has 7 rings (SSSR count). The molecule has 7 aromatic rings. The summed E-state index contributed by atoms with van der Waals surface area (Å²) in [5.41, 5.74) is 4.02. The maximum absolute atomic E-state index is 12.9. The SMILES string of the molecule is O=S(=O)(OCC(Cl)(Cl)Cl)Oc1ccc(CCn2cc(-c3ccc(O)cc3)c3c4c([nH]c5c(OS(=O)(=O)OCC(Cl)(Cl)Cl)cccc54)c(O)c(-c4ccc(O)cc4)c32)cc1. The smallest absolute Gasteiger partial charge is 0.449 e. The van der Waals surface area contributed by atoms with Crippen molar-refractivity contribution in [3.8, 4) is 51.0 Å². The van der Waals surface area contributed by atoms with Crippen LogP contribution in [0.5, 0.6) is 28.7 Å². The third-order valence-corrected chi connectivity index (χ3v) is 11.1. The van der Waals surface area contributed by atoms with Crippen molar-refractivity contribution in [1.29, 1.82) is 0 Å². The lowest BCUT2D eigenvalue weighted by atomic mass is 9.94. The van der Waals surface area contributed by atoms with Crippen molar-refractivity contribution < 1.29 is 48.9 Å². The second kappa shape index (κ2) is 16.5. The molecular formula is C38H28Cl6N2O11S2. The van der Waals surface area contributed by atoms with Crippen molar-refractivity contribution in [3.63, 3.8) is 0 Å². The van der Waals surface area contributed by atoms with Crippen LogP contribution in [0.1, 0.15) is 5.56 Å². The molecule has 21 heteroatoms. The summed E-state index contributed by atoms with van der Waals surface area (Å²) in [6.07, 6.45) is 2.28. The van der Waals surface area contributed by atoms with Crippen LogP contribution < -0.4 is 8.37 Å². The van der Waals surface area contributed by atoms with Crippen molar-refractivity contribution in [2.24, 2.45) is 0 Å². The zero-order valence-corrected chi connectivity index (χ0v) is 35.9. The first-order chi connectivity index (χ1) is 27.7. The Balaban J connectivity index is 1.38. The van der Waals surface area contributed by atoms with Gasteiger partial charge >= 0.3 is 20.8 Å². The van der Waals surface area contributed by atoms with Gasteiger partial charge in [0.2, 0.25) is 7.59 Å². The van der Waals surface area contributed by atoms with E-state index in [1.165, 1.54) is 42.5 Å². The minimum absolute atomic E-state index is 0.00616. The highest BCUT2D eigenvalue weighted by molar-refractivity contribution is 7.82. The number of H-pyrrole nitrogens is 1. The number of aromatic nitrogens is 2. The third-order valence-electron chi connectivity index (χ3n) is 8.86. The molecule has 0 bridgehead atoms. The Labute approximate surface area is 366 Å². The fourth-order valence-corrected chi connectivity index (χ4v) is 8.62. The number of phenolic OH excluding ortho intramolecular Hbond substituents is 3. The van der Waals surface area contributed by atoms with E-state index in [4.69, 9.17) is 82.2 Å². The average Bonchev–Trinajstić information content (AvgIpc) is 3.73. The zero-order chi connectivity index (χ0) is 42.5. The first-order valence-corrected chi connectivity index (χ1v) is 21.9. The Kier molecular flexibility index (Phi) is 12.0. The van der Waals surface area contributed by atoms with Gasteiger partial charge in [0.1, 0.15) is 36.2 Å². The second-order valence-electron chi connectivity index (χ2n) is 13.0. The predicted molar refractivity (Wildman–Crippen MR) is 229 cm³/mol. The van der Waals surface area contributed by atoms with Gasteiger partial charge in [0, 0.05) is 34.5 Å². The third kappa shape index (κ3) is 9.97. The number of hydrogen-bond acceptors (Lipinski definition) is 11. The Morgan fingerprint density at radius 3 is 1.78 bits per heavy atom. The Morgan fingerprint density at radius 2 is 1.20 bits per heavy atom. The highest BCUT2D eigenvalue weighted by atomic mass is 35.6. The van der Waals surface area contributed by atoms with Crippen LogP contribution in [0.15, 0.2) is 97.2 Å². The number of alkyl halides is 6.